The summed E-state index contributed by atoms with van der Waals surface area (Å²) in [4.78, 5) is 22.3. The van der Waals surface area contributed by atoms with Gasteiger partial charge in [0.05, 0.1) is 6.04 Å². The minimum absolute atomic E-state index is 0.122. The maximum atomic E-state index is 11.7. The van der Waals surface area contributed by atoms with Crippen LogP contribution in [0.1, 0.15) is 44.7 Å². The van der Waals surface area contributed by atoms with Gasteiger partial charge in [0.25, 0.3) is 0 Å². The summed E-state index contributed by atoms with van der Waals surface area (Å²) in [5, 5.41) is 11.5. The SMILES string of the molecule is CCC(CC)C(NC(=O)CC(=O)O)c1ccccc1. The normalized spacial score (nSPS) is 12.2. The molecule has 1 rings (SSSR count). The molecule has 0 radical (unpaired) electrons. The van der Waals surface area contributed by atoms with Gasteiger partial charge in [0.2, 0.25) is 5.91 Å². The van der Waals surface area contributed by atoms with Crippen LogP contribution >= 0.6 is 0 Å². The molecule has 1 aromatic carbocycles. The largest absolute Gasteiger partial charge is 0.481 e. The lowest BCUT2D eigenvalue weighted by Gasteiger charge is -2.26. The van der Waals surface area contributed by atoms with Crippen molar-refractivity contribution < 1.29 is 14.7 Å². The molecule has 2 N–H and O–H groups in total. The van der Waals surface area contributed by atoms with Crippen molar-refractivity contribution in [3.05, 3.63) is 35.9 Å². The average Bonchev–Trinajstić information content (AvgIpc) is 2.39. The quantitative estimate of drug-likeness (QED) is 0.743. The Hall–Kier alpha value is -1.84. The highest BCUT2D eigenvalue weighted by Crippen LogP contribution is 2.27. The Labute approximate surface area is 113 Å². The summed E-state index contributed by atoms with van der Waals surface area (Å²) in [7, 11) is 0. The molecule has 0 heterocycles. The van der Waals surface area contributed by atoms with E-state index < -0.39 is 18.3 Å². The Kier molecular flexibility index (Phi) is 6.06. The molecule has 1 amide bonds. The molecule has 0 aliphatic carbocycles. The van der Waals surface area contributed by atoms with Crippen molar-refractivity contribution in [2.45, 2.75) is 39.2 Å². The van der Waals surface area contributed by atoms with Gasteiger partial charge in [-0.1, -0.05) is 57.0 Å². The van der Waals surface area contributed by atoms with Crippen LogP contribution in [0.25, 0.3) is 0 Å². The van der Waals surface area contributed by atoms with Crippen LogP contribution in [-0.2, 0) is 9.59 Å². The first-order valence-corrected chi connectivity index (χ1v) is 6.64. The first-order chi connectivity index (χ1) is 9.08. The highest BCUT2D eigenvalue weighted by atomic mass is 16.4. The molecule has 104 valence electrons. The Balaban J connectivity index is 2.87. The van der Waals surface area contributed by atoms with Crippen molar-refractivity contribution in [2.75, 3.05) is 0 Å². The lowest BCUT2D eigenvalue weighted by Crippen LogP contribution is -2.34. The number of carbonyl (C=O) groups is 2. The van der Waals surface area contributed by atoms with Gasteiger partial charge in [-0.2, -0.15) is 0 Å². The lowest BCUT2D eigenvalue weighted by molar-refractivity contribution is -0.141. The molecule has 4 heteroatoms. The third kappa shape index (κ3) is 4.73. The fraction of sp³-hybridized carbons (Fsp3) is 0.467. The zero-order chi connectivity index (χ0) is 14.3. The van der Waals surface area contributed by atoms with Gasteiger partial charge in [-0.15, -0.1) is 0 Å². The predicted molar refractivity (Wildman–Crippen MR) is 73.7 cm³/mol. The second kappa shape index (κ2) is 7.56. The van der Waals surface area contributed by atoms with Crippen LogP contribution in [-0.4, -0.2) is 17.0 Å². The van der Waals surface area contributed by atoms with Crippen LogP contribution in [0.5, 0.6) is 0 Å². The maximum Gasteiger partial charge on any atom is 0.312 e. The third-order valence-electron chi connectivity index (χ3n) is 3.31. The van der Waals surface area contributed by atoms with E-state index >= 15 is 0 Å². The van der Waals surface area contributed by atoms with Gasteiger partial charge in [0.15, 0.2) is 0 Å². The molecule has 0 aliphatic heterocycles. The van der Waals surface area contributed by atoms with Gasteiger partial charge in [-0.25, -0.2) is 0 Å². The minimum Gasteiger partial charge on any atom is -0.481 e. The van der Waals surface area contributed by atoms with E-state index in [9.17, 15) is 9.59 Å². The zero-order valence-corrected chi connectivity index (χ0v) is 11.4. The first kappa shape index (κ1) is 15.2. The molecule has 0 saturated heterocycles. The summed E-state index contributed by atoms with van der Waals surface area (Å²) in [5.74, 6) is -1.23. The molecule has 0 spiro atoms. The van der Waals surface area contributed by atoms with Gasteiger partial charge >= 0.3 is 5.97 Å². The smallest absolute Gasteiger partial charge is 0.312 e. The molecule has 0 bridgehead atoms. The summed E-state index contributed by atoms with van der Waals surface area (Å²) < 4.78 is 0. The number of carboxylic acid groups (broad SMARTS) is 1. The van der Waals surface area contributed by atoms with E-state index in [2.05, 4.69) is 19.2 Å². The van der Waals surface area contributed by atoms with Gasteiger partial charge in [-0.05, 0) is 11.5 Å². The molecule has 1 unspecified atom stereocenters. The van der Waals surface area contributed by atoms with E-state index in [1.807, 2.05) is 30.3 Å². The Morgan fingerprint density at radius 3 is 2.21 bits per heavy atom. The topological polar surface area (TPSA) is 66.4 Å². The van der Waals surface area contributed by atoms with Crippen LogP contribution in [0.15, 0.2) is 30.3 Å². The number of amides is 1. The molecule has 1 atom stereocenters. The number of hydrogen-bond acceptors (Lipinski definition) is 2. The standard InChI is InChI=1S/C15H21NO3/c1-3-11(4-2)15(12-8-6-5-7-9-12)16-13(17)10-14(18)19/h5-9,11,15H,3-4,10H2,1-2H3,(H,16,17)(H,18,19). The van der Waals surface area contributed by atoms with E-state index in [1.165, 1.54) is 0 Å². The summed E-state index contributed by atoms with van der Waals surface area (Å²) in [6.45, 7) is 4.15. The molecule has 19 heavy (non-hydrogen) atoms. The second-order valence-corrected chi connectivity index (χ2v) is 4.60. The number of carboxylic acids is 1. The summed E-state index contributed by atoms with van der Waals surface area (Å²) in [6.07, 6.45) is 1.39. The van der Waals surface area contributed by atoms with E-state index in [0.29, 0.717) is 5.92 Å². The molecular formula is C15H21NO3. The number of hydrogen-bond donors (Lipinski definition) is 2. The number of nitrogens with one attached hydrogen (secondary N) is 1. The van der Waals surface area contributed by atoms with Crippen LogP contribution in [0.2, 0.25) is 0 Å². The highest BCUT2D eigenvalue weighted by Gasteiger charge is 2.22. The van der Waals surface area contributed by atoms with Gasteiger partial charge < -0.3 is 10.4 Å². The molecular weight excluding hydrogens is 242 g/mol. The monoisotopic (exact) mass is 263 g/mol. The van der Waals surface area contributed by atoms with Crippen LogP contribution in [0.4, 0.5) is 0 Å². The van der Waals surface area contributed by atoms with Crippen LogP contribution in [0.3, 0.4) is 0 Å². The highest BCUT2D eigenvalue weighted by molar-refractivity contribution is 5.93. The summed E-state index contributed by atoms with van der Waals surface area (Å²) in [6, 6.07) is 9.57. The molecule has 0 aromatic heterocycles. The fourth-order valence-electron chi connectivity index (χ4n) is 2.26. The number of aliphatic carboxylic acids is 1. The number of carbonyl (C=O) groups excluding carboxylic acids is 1. The third-order valence-corrected chi connectivity index (χ3v) is 3.31. The molecule has 4 nitrogen and oxygen atoms in total. The van der Waals surface area contributed by atoms with Crippen molar-refractivity contribution in [3.8, 4) is 0 Å². The Bertz CT molecular complexity index is 413. The fourth-order valence-corrected chi connectivity index (χ4v) is 2.26. The molecule has 0 aliphatic rings. The minimum atomic E-state index is -1.10. The van der Waals surface area contributed by atoms with Crippen molar-refractivity contribution in [3.63, 3.8) is 0 Å². The molecule has 0 saturated carbocycles. The zero-order valence-electron chi connectivity index (χ0n) is 11.4. The summed E-state index contributed by atoms with van der Waals surface area (Å²) >= 11 is 0. The van der Waals surface area contributed by atoms with E-state index in [4.69, 9.17) is 5.11 Å². The van der Waals surface area contributed by atoms with Crippen LogP contribution < -0.4 is 5.32 Å². The summed E-state index contributed by atoms with van der Waals surface area (Å²) in [5.41, 5.74) is 1.02. The number of rotatable bonds is 7. The van der Waals surface area contributed by atoms with Crippen molar-refractivity contribution >= 4 is 11.9 Å². The van der Waals surface area contributed by atoms with E-state index in [1.54, 1.807) is 0 Å². The van der Waals surface area contributed by atoms with Gasteiger partial charge in [0, 0.05) is 0 Å². The van der Waals surface area contributed by atoms with E-state index in [-0.39, 0.29) is 6.04 Å². The van der Waals surface area contributed by atoms with Crippen LogP contribution in [0, 0.1) is 5.92 Å². The van der Waals surface area contributed by atoms with Crippen molar-refractivity contribution in [2.24, 2.45) is 5.92 Å². The van der Waals surface area contributed by atoms with E-state index in [0.717, 1.165) is 18.4 Å². The molecule has 1 aromatic rings. The second-order valence-electron chi connectivity index (χ2n) is 4.60. The molecule has 0 fully saturated rings. The van der Waals surface area contributed by atoms with Crippen molar-refractivity contribution in [1.29, 1.82) is 0 Å². The maximum absolute atomic E-state index is 11.7. The van der Waals surface area contributed by atoms with Gasteiger partial charge in [-0.3, -0.25) is 9.59 Å². The first-order valence-electron chi connectivity index (χ1n) is 6.64. The van der Waals surface area contributed by atoms with Crippen molar-refractivity contribution in [1.82, 2.24) is 5.32 Å². The van der Waals surface area contributed by atoms with Gasteiger partial charge in [0.1, 0.15) is 6.42 Å². The number of benzene rings is 1. The lowest BCUT2D eigenvalue weighted by atomic mass is 9.88. The Morgan fingerprint density at radius 1 is 1.16 bits per heavy atom. The predicted octanol–water partition coefficient (Wildman–Crippen LogP) is 2.75. The average molecular weight is 263 g/mol. The Morgan fingerprint density at radius 2 is 1.74 bits per heavy atom.